The minimum absolute atomic E-state index is 0.0108. The Morgan fingerprint density at radius 1 is 1.23 bits per heavy atom. The van der Waals surface area contributed by atoms with Crippen molar-refractivity contribution in [3.8, 4) is 28.5 Å². The third-order valence-corrected chi connectivity index (χ3v) is 4.36. The first-order chi connectivity index (χ1) is 12.6. The number of aromatic nitrogens is 1. The Balaban J connectivity index is 1.66. The number of benzene rings is 2. The van der Waals surface area contributed by atoms with Crippen LogP contribution in [0.3, 0.4) is 0 Å². The highest BCUT2D eigenvalue weighted by Gasteiger charge is 2.13. The van der Waals surface area contributed by atoms with Crippen molar-refractivity contribution in [2.75, 3.05) is 19.0 Å². The van der Waals surface area contributed by atoms with Gasteiger partial charge in [-0.2, -0.15) is 0 Å². The summed E-state index contributed by atoms with van der Waals surface area (Å²) < 4.78 is 10.7. The second kappa shape index (κ2) is 7.88. The Kier molecular flexibility index (Phi) is 5.38. The summed E-state index contributed by atoms with van der Waals surface area (Å²) >= 11 is 1.32. The fraction of sp³-hybridized carbons (Fsp3) is 0.158. The zero-order valence-corrected chi connectivity index (χ0v) is 15.2. The van der Waals surface area contributed by atoms with E-state index in [-0.39, 0.29) is 24.0 Å². The number of nitrogens with one attached hydrogen (secondary N) is 1. The molecular weight excluding hydrogens is 352 g/mol. The number of phenols is 1. The summed E-state index contributed by atoms with van der Waals surface area (Å²) in [5, 5.41) is 14.7. The van der Waals surface area contributed by atoms with Gasteiger partial charge >= 0.3 is 0 Å². The molecule has 1 amide bonds. The summed E-state index contributed by atoms with van der Waals surface area (Å²) in [6.07, 6.45) is 0. The van der Waals surface area contributed by atoms with Gasteiger partial charge in [-0.1, -0.05) is 23.8 Å². The number of carbonyl (C=O) groups excluding carboxylic acids is 1. The lowest BCUT2D eigenvalue weighted by Gasteiger charge is -2.08. The van der Waals surface area contributed by atoms with Gasteiger partial charge in [0.15, 0.2) is 23.2 Å². The molecule has 0 saturated carbocycles. The van der Waals surface area contributed by atoms with E-state index >= 15 is 0 Å². The van der Waals surface area contributed by atoms with Gasteiger partial charge in [-0.05, 0) is 31.2 Å². The smallest absolute Gasteiger partial charge is 0.264 e. The van der Waals surface area contributed by atoms with Crippen molar-refractivity contribution >= 4 is 22.4 Å². The number of aryl methyl sites for hydroxylation is 1. The zero-order chi connectivity index (χ0) is 18.5. The number of ether oxygens (including phenoxy) is 2. The van der Waals surface area contributed by atoms with Crippen LogP contribution in [0.5, 0.6) is 17.2 Å². The second-order valence-electron chi connectivity index (χ2n) is 5.55. The van der Waals surface area contributed by atoms with Crippen LogP contribution >= 0.6 is 11.3 Å². The van der Waals surface area contributed by atoms with Gasteiger partial charge in [-0.25, -0.2) is 4.98 Å². The lowest BCUT2D eigenvalue weighted by molar-refractivity contribution is -0.118. The minimum Gasteiger partial charge on any atom is -0.504 e. The van der Waals surface area contributed by atoms with E-state index in [1.54, 1.807) is 25.3 Å². The topological polar surface area (TPSA) is 80.7 Å². The van der Waals surface area contributed by atoms with Crippen LogP contribution in [-0.2, 0) is 4.79 Å². The second-order valence-corrected chi connectivity index (χ2v) is 6.40. The molecule has 26 heavy (non-hydrogen) atoms. The molecule has 3 aromatic rings. The molecule has 0 aliphatic heterocycles. The van der Waals surface area contributed by atoms with Gasteiger partial charge in [0.1, 0.15) is 5.75 Å². The number of para-hydroxylation sites is 2. The number of phenolic OH excluding ortho intramolecular Hbond substituents is 1. The number of rotatable bonds is 6. The number of methoxy groups -OCH3 is 1. The van der Waals surface area contributed by atoms with Crippen LogP contribution in [0.1, 0.15) is 5.56 Å². The Morgan fingerprint density at radius 3 is 2.81 bits per heavy atom. The lowest BCUT2D eigenvalue weighted by Crippen LogP contribution is -2.20. The molecule has 6 nitrogen and oxygen atoms in total. The van der Waals surface area contributed by atoms with E-state index in [0.29, 0.717) is 5.13 Å². The average Bonchev–Trinajstić information content (AvgIpc) is 3.09. The third kappa shape index (κ3) is 4.12. The molecule has 0 saturated heterocycles. The highest BCUT2D eigenvalue weighted by molar-refractivity contribution is 7.14. The number of thiazole rings is 1. The van der Waals surface area contributed by atoms with Crippen molar-refractivity contribution in [2.24, 2.45) is 0 Å². The molecular formula is C19H18N2O4S. The lowest BCUT2D eigenvalue weighted by atomic mass is 10.1. The number of carbonyl (C=O) groups is 1. The van der Waals surface area contributed by atoms with Gasteiger partial charge < -0.3 is 14.6 Å². The molecule has 3 rings (SSSR count). The Morgan fingerprint density at radius 2 is 2.04 bits per heavy atom. The monoisotopic (exact) mass is 370 g/mol. The molecule has 0 unspecified atom stereocenters. The van der Waals surface area contributed by atoms with E-state index < -0.39 is 0 Å². The first kappa shape index (κ1) is 17.8. The average molecular weight is 370 g/mol. The molecule has 0 atom stereocenters. The SMILES string of the molecule is COc1ccc(C)cc1-c1csc(NC(=O)COc2ccccc2O)n1. The molecule has 134 valence electrons. The predicted molar refractivity (Wildman–Crippen MR) is 101 cm³/mol. The van der Waals surface area contributed by atoms with Crippen LogP contribution in [0.15, 0.2) is 47.8 Å². The molecule has 1 aromatic heterocycles. The van der Waals surface area contributed by atoms with Gasteiger partial charge in [0, 0.05) is 10.9 Å². The maximum Gasteiger partial charge on any atom is 0.264 e. The van der Waals surface area contributed by atoms with Crippen molar-refractivity contribution in [1.29, 1.82) is 0 Å². The predicted octanol–water partition coefficient (Wildman–Crippen LogP) is 3.85. The Bertz CT molecular complexity index is 923. The maximum absolute atomic E-state index is 12.0. The van der Waals surface area contributed by atoms with Crippen LogP contribution in [0.2, 0.25) is 0 Å². The summed E-state index contributed by atoms with van der Waals surface area (Å²) in [7, 11) is 1.61. The molecule has 2 N–H and O–H groups in total. The largest absolute Gasteiger partial charge is 0.504 e. The fourth-order valence-corrected chi connectivity index (χ4v) is 3.08. The molecule has 0 aliphatic rings. The number of nitrogens with zero attached hydrogens (tertiary/aromatic N) is 1. The van der Waals surface area contributed by atoms with Crippen LogP contribution in [-0.4, -0.2) is 29.7 Å². The Labute approximate surface area is 155 Å². The number of hydrogen-bond acceptors (Lipinski definition) is 6. The number of anilines is 1. The highest BCUT2D eigenvalue weighted by Crippen LogP contribution is 2.33. The molecule has 7 heteroatoms. The van der Waals surface area contributed by atoms with Crippen molar-refractivity contribution in [3.05, 3.63) is 53.4 Å². The normalized spacial score (nSPS) is 10.4. The summed E-state index contributed by atoms with van der Waals surface area (Å²) in [5.74, 6) is 0.613. The van der Waals surface area contributed by atoms with Gasteiger partial charge in [-0.15, -0.1) is 11.3 Å². The number of amides is 1. The maximum atomic E-state index is 12.0. The quantitative estimate of drug-likeness (QED) is 0.689. The van der Waals surface area contributed by atoms with Gasteiger partial charge in [-0.3, -0.25) is 10.1 Å². The summed E-state index contributed by atoms with van der Waals surface area (Å²) in [4.78, 5) is 16.5. The van der Waals surface area contributed by atoms with E-state index in [9.17, 15) is 9.90 Å². The number of aromatic hydroxyl groups is 1. The van der Waals surface area contributed by atoms with Gasteiger partial charge in [0.2, 0.25) is 0 Å². The molecule has 0 radical (unpaired) electrons. The molecule has 0 aliphatic carbocycles. The van der Waals surface area contributed by atoms with E-state index in [1.807, 2.05) is 30.5 Å². The van der Waals surface area contributed by atoms with Crippen molar-refractivity contribution in [3.63, 3.8) is 0 Å². The summed E-state index contributed by atoms with van der Waals surface area (Å²) in [5.41, 5.74) is 2.69. The van der Waals surface area contributed by atoms with E-state index in [0.717, 1.165) is 22.6 Å². The summed E-state index contributed by atoms with van der Waals surface area (Å²) in [6.45, 7) is 1.77. The van der Waals surface area contributed by atoms with Crippen LogP contribution in [0.4, 0.5) is 5.13 Å². The first-order valence-electron chi connectivity index (χ1n) is 7.88. The molecule has 0 spiro atoms. The van der Waals surface area contributed by atoms with Crippen LogP contribution < -0.4 is 14.8 Å². The van der Waals surface area contributed by atoms with E-state index in [4.69, 9.17) is 9.47 Å². The minimum atomic E-state index is -0.356. The fourth-order valence-electron chi connectivity index (χ4n) is 2.35. The molecule has 0 bridgehead atoms. The standard InChI is InChI=1S/C19H18N2O4S/c1-12-7-8-16(24-2)13(9-12)14-11-26-19(20-14)21-18(23)10-25-17-6-4-3-5-15(17)22/h3-9,11,22H,10H2,1-2H3,(H,20,21,23). The third-order valence-electron chi connectivity index (χ3n) is 3.61. The molecule has 0 fully saturated rings. The number of hydrogen-bond donors (Lipinski definition) is 2. The van der Waals surface area contributed by atoms with Gasteiger partial charge in [0.25, 0.3) is 5.91 Å². The van der Waals surface area contributed by atoms with Gasteiger partial charge in [0.05, 0.1) is 12.8 Å². The van der Waals surface area contributed by atoms with Crippen molar-refractivity contribution in [2.45, 2.75) is 6.92 Å². The van der Waals surface area contributed by atoms with Crippen molar-refractivity contribution < 1.29 is 19.4 Å². The van der Waals surface area contributed by atoms with Crippen LogP contribution in [0, 0.1) is 6.92 Å². The summed E-state index contributed by atoms with van der Waals surface area (Å²) in [6, 6.07) is 12.3. The zero-order valence-electron chi connectivity index (χ0n) is 14.4. The molecule has 1 heterocycles. The van der Waals surface area contributed by atoms with E-state index in [2.05, 4.69) is 10.3 Å². The van der Waals surface area contributed by atoms with E-state index in [1.165, 1.54) is 17.4 Å². The first-order valence-corrected chi connectivity index (χ1v) is 8.76. The molecule has 2 aromatic carbocycles. The van der Waals surface area contributed by atoms with Crippen LogP contribution in [0.25, 0.3) is 11.3 Å². The highest BCUT2D eigenvalue weighted by atomic mass is 32.1. The van der Waals surface area contributed by atoms with Crippen molar-refractivity contribution in [1.82, 2.24) is 4.98 Å². The Hall–Kier alpha value is -3.06.